The van der Waals surface area contributed by atoms with Crippen LogP contribution in [0.5, 0.6) is 0 Å². The Labute approximate surface area is 198 Å². The quantitative estimate of drug-likeness (QED) is 0.661. The minimum atomic E-state index is -0.582. The molecular weight excluding hydrogens is 438 g/mol. The standard InChI is InChI=1S/C26H30F2N4O2/c1-18-23(15-30-25(33)17-31-10-3-2-4-11-31)22-9-12-32(16-20(22)14-29-18)26(34)8-5-19-13-21(27)6-7-24(19)28/h5-8,13-14H,2-4,9-12,15-17H2,1H3,(H,30,33)/b8-5+. The van der Waals surface area contributed by atoms with Gasteiger partial charge in [0.2, 0.25) is 11.8 Å². The first kappa shape index (κ1) is 24.0. The highest BCUT2D eigenvalue weighted by atomic mass is 19.1. The summed E-state index contributed by atoms with van der Waals surface area (Å²) < 4.78 is 27.2. The van der Waals surface area contributed by atoms with Crippen LogP contribution in [0.2, 0.25) is 0 Å². The summed E-state index contributed by atoms with van der Waals surface area (Å²) in [5.74, 6) is -1.40. The third-order valence-electron chi connectivity index (χ3n) is 6.55. The monoisotopic (exact) mass is 468 g/mol. The second-order valence-electron chi connectivity index (χ2n) is 8.95. The molecule has 0 radical (unpaired) electrons. The Morgan fingerprint density at radius 2 is 1.94 bits per heavy atom. The van der Waals surface area contributed by atoms with Gasteiger partial charge in [0, 0.05) is 43.2 Å². The number of carbonyl (C=O) groups is 2. The number of hydrogen-bond donors (Lipinski definition) is 1. The van der Waals surface area contributed by atoms with Crippen molar-refractivity contribution in [2.75, 3.05) is 26.2 Å². The smallest absolute Gasteiger partial charge is 0.246 e. The molecule has 0 bridgehead atoms. The molecule has 180 valence electrons. The largest absolute Gasteiger partial charge is 0.351 e. The van der Waals surface area contributed by atoms with Gasteiger partial charge in [-0.15, -0.1) is 0 Å². The fourth-order valence-electron chi connectivity index (χ4n) is 4.62. The van der Waals surface area contributed by atoms with Crippen molar-refractivity contribution in [3.8, 4) is 0 Å². The van der Waals surface area contributed by atoms with Gasteiger partial charge in [-0.25, -0.2) is 8.78 Å². The van der Waals surface area contributed by atoms with E-state index in [9.17, 15) is 18.4 Å². The topological polar surface area (TPSA) is 65.5 Å². The molecule has 1 aromatic carbocycles. The number of rotatable bonds is 6. The first-order valence-corrected chi connectivity index (χ1v) is 11.8. The molecule has 1 saturated heterocycles. The van der Waals surface area contributed by atoms with Gasteiger partial charge in [-0.2, -0.15) is 0 Å². The van der Waals surface area contributed by atoms with Crippen molar-refractivity contribution in [3.63, 3.8) is 0 Å². The number of pyridine rings is 1. The van der Waals surface area contributed by atoms with E-state index in [0.29, 0.717) is 32.6 Å². The van der Waals surface area contributed by atoms with E-state index in [1.165, 1.54) is 18.6 Å². The number of nitrogens with one attached hydrogen (secondary N) is 1. The average Bonchev–Trinajstić information content (AvgIpc) is 2.84. The molecule has 1 aromatic heterocycles. The number of amides is 2. The van der Waals surface area contributed by atoms with Crippen LogP contribution in [0.15, 0.2) is 30.5 Å². The number of fused-ring (bicyclic) bond motifs is 1. The van der Waals surface area contributed by atoms with Gasteiger partial charge in [-0.05, 0) is 80.2 Å². The van der Waals surface area contributed by atoms with Crippen molar-refractivity contribution < 1.29 is 18.4 Å². The van der Waals surface area contributed by atoms with Crippen LogP contribution >= 0.6 is 0 Å². The Bertz CT molecular complexity index is 1100. The summed E-state index contributed by atoms with van der Waals surface area (Å²) in [5.41, 5.74) is 3.98. The molecule has 0 unspecified atom stereocenters. The van der Waals surface area contributed by atoms with Gasteiger partial charge in [-0.3, -0.25) is 19.5 Å². The molecular formula is C26H30F2N4O2. The summed E-state index contributed by atoms with van der Waals surface area (Å²) in [6, 6.07) is 3.14. The molecule has 0 aliphatic carbocycles. The van der Waals surface area contributed by atoms with E-state index in [1.807, 2.05) is 6.92 Å². The van der Waals surface area contributed by atoms with E-state index in [4.69, 9.17) is 0 Å². The third-order valence-corrected chi connectivity index (χ3v) is 6.55. The highest BCUT2D eigenvalue weighted by Gasteiger charge is 2.23. The van der Waals surface area contributed by atoms with E-state index in [-0.39, 0.29) is 17.4 Å². The second-order valence-corrected chi connectivity index (χ2v) is 8.95. The number of aromatic nitrogens is 1. The predicted octanol–water partition coefficient (Wildman–Crippen LogP) is 3.37. The lowest BCUT2D eigenvalue weighted by Gasteiger charge is -2.30. The average molecular weight is 469 g/mol. The van der Waals surface area contributed by atoms with Gasteiger partial charge in [0.1, 0.15) is 11.6 Å². The second kappa shape index (κ2) is 10.9. The number of aryl methyl sites for hydroxylation is 1. The number of piperidine rings is 1. The lowest BCUT2D eigenvalue weighted by Crippen LogP contribution is -2.40. The molecule has 34 heavy (non-hydrogen) atoms. The first-order chi connectivity index (χ1) is 16.4. The zero-order chi connectivity index (χ0) is 24.1. The van der Waals surface area contributed by atoms with Crippen LogP contribution in [0.4, 0.5) is 8.78 Å². The van der Waals surface area contributed by atoms with Gasteiger partial charge in [-0.1, -0.05) is 6.42 Å². The summed E-state index contributed by atoms with van der Waals surface area (Å²) in [6.45, 7) is 5.59. The Morgan fingerprint density at radius 1 is 1.15 bits per heavy atom. The van der Waals surface area contributed by atoms with Crippen LogP contribution in [-0.4, -0.2) is 52.8 Å². The SMILES string of the molecule is Cc1ncc2c(c1CNC(=O)CN1CCCCC1)CCN(C(=O)/C=C/c1cc(F)ccc1F)C2. The number of nitrogens with zero attached hydrogens (tertiary/aromatic N) is 3. The van der Waals surface area contributed by atoms with E-state index in [2.05, 4.69) is 15.2 Å². The number of carbonyl (C=O) groups excluding carboxylic acids is 2. The van der Waals surface area contributed by atoms with Crippen molar-refractivity contribution in [1.82, 2.24) is 20.1 Å². The molecule has 1 N–H and O–H groups in total. The molecule has 0 saturated carbocycles. The minimum absolute atomic E-state index is 0.0150. The molecule has 2 amide bonds. The van der Waals surface area contributed by atoms with E-state index >= 15 is 0 Å². The summed E-state index contributed by atoms with van der Waals surface area (Å²) in [5, 5.41) is 3.04. The van der Waals surface area contributed by atoms with Crippen molar-refractivity contribution in [2.45, 2.75) is 45.7 Å². The van der Waals surface area contributed by atoms with Crippen LogP contribution in [-0.2, 0) is 29.1 Å². The highest BCUT2D eigenvalue weighted by Crippen LogP contribution is 2.24. The maximum atomic E-state index is 13.8. The van der Waals surface area contributed by atoms with Gasteiger partial charge >= 0.3 is 0 Å². The molecule has 2 aliphatic heterocycles. The van der Waals surface area contributed by atoms with Crippen LogP contribution in [0.1, 0.15) is 47.2 Å². The first-order valence-electron chi connectivity index (χ1n) is 11.8. The lowest BCUT2D eigenvalue weighted by atomic mass is 9.94. The predicted molar refractivity (Wildman–Crippen MR) is 126 cm³/mol. The van der Waals surface area contributed by atoms with Crippen molar-refractivity contribution in [1.29, 1.82) is 0 Å². The normalized spacial score (nSPS) is 16.5. The minimum Gasteiger partial charge on any atom is -0.351 e. The van der Waals surface area contributed by atoms with Crippen molar-refractivity contribution in [2.24, 2.45) is 0 Å². The van der Waals surface area contributed by atoms with Gasteiger partial charge in [0.05, 0.1) is 6.54 Å². The summed E-state index contributed by atoms with van der Waals surface area (Å²) in [4.78, 5) is 33.5. The van der Waals surface area contributed by atoms with Gasteiger partial charge < -0.3 is 10.2 Å². The molecule has 8 heteroatoms. The van der Waals surface area contributed by atoms with E-state index < -0.39 is 11.6 Å². The molecule has 3 heterocycles. The van der Waals surface area contributed by atoms with Crippen LogP contribution in [0.3, 0.4) is 0 Å². The van der Waals surface area contributed by atoms with E-state index in [0.717, 1.165) is 66.5 Å². The van der Waals surface area contributed by atoms with Crippen LogP contribution in [0, 0.1) is 18.6 Å². The number of hydrogen-bond acceptors (Lipinski definition) is 4. The summed E-state index contributed by atoms with van der Waals surface area (Å²) in [7, 11) is 0. The van der Waals surface area contributed by atoms with Crippen molar-refractivity contribution in [3.05, 3.63) is 70.1 Å². The number of halogens is 2. The Kier molecular flexibility index (Phi) is 7.67. The van der Waals surface area contributed by atoms with Gasteiger partial charge in [0.25, 0.3) is 0 Å². The molecule has 4 rings (SSSR count). The highest BCUT2D eigenvalue weighted by molar-refractivity contribution is 5.92. The van der Waals surface area contributed by atoms with Crippen LogP contribution < -0.4 is 5.32 Å². The zero-order valence-corrected chi connectivity index (χ0v) is 19.4. The molecule has 2 aliphatic rings. The third kappa shape index (κ3) is 5.86. The molecule has 2 aromatic rings. The molecule has 6 nitrogen and oxygen atoms in total. The summed E-state index contributed by atoms with van der Waals surface area (Å²) >= 11 is 0. The Balaban J connectivity index is 1.39. The maximum absolute atomic E-state index is 13.8. The van der Waals surface area contributed by atoms with Gasteiger partial charge in [0.15, 0.2) is 0 Å². The lowest BCUT2D eigenvalue weighted by molar-refractivity contribution is -0.126. The van der Waals surface area contributed by atoms with Crippen LogP contribution in [0.25, 0.3) is 6.08 Å². The number of benzene rings is 1. The van der Waals surface area contributed by atoms with E-state index in [1.54, 1.807) is 11.1 Å². The molecule has 0 spiro atoms. The van der Waals surface area contributed by atoms with Crippen molar-refractivity contribution >= 4 is 17.9 Å². The zero-order valence-electron chi connectivity index (χ0n) is 19.4. The fourth-order valence-corrected chi connectivity index (χ4v) is 4.62. The number of likely N-dealkylation sites (tertiary alicyclic amines) is 1. The summed E-state index contributed by atoms with van der Waals surface area (Å²) in [6.07, 6.45) is 8.51. The Hall–Kier alpha value is -3.13. The Morgan fingerprint density at radius 3 is 2.74 bits per heavy atom. The molecule has 0 atom stereocenters. The molecule has 1 fully saturated rings. The maximum Gasteiger partial charge on any atom is 0.246 e. The fraction of sp³-hybridized carbons (Fsp3) is 0.423.